The average molecular weight is 308 g/mol. The highest BCUT2D eigenvalue weighted by Gasteiger charge is 2.40. The first-order valence-corrected chi connectivity index (χ1v) is 6.91. The van der Waals surface area contributed by atoms with Gasteiger partial charge in [0.2, 0.25) is 5.91 Å². The molecule has 0 aliphatic carbocycles. The molecule has 4 N–H and O–H groups in total. The summed E-state index contributed by atoms with van der Waals surface area (Å²) in [6, 6.07) is 0. The maximum atomic E-state index is 12.9. The molecule has 0 saturated carbocycles. The van der Waals surface area contributed by atoms with Crippen LogP contribution < -0.4 is 16.2 Å². The van der Waals surface area contributed by atoms with Crippen LogP contribution in [-0.2, 0) is 15.0 Å². The first kappa shape index (κ1) is 13.7. The number of nitrogen functional groups attached to an aromatic ring is 1. The van der Waals surface area contributed by atoms with Gasteiger partial charge in [-0.05, 0) is 12.2 Å². The molecule has 0 radical (unpaired) electrons. The number of H-pyrrole nitrogens is 2. The quantitative estimate of drug-likeness (QED) is 0.495. The number of carbonyl (C=O) groups is 1. The van der Waals surface area contributed by atoms with Crippen LogP contribution in [0, 0.1) is 4.77 Å². The summed E-state index contributed by atoms with van der Waals surface area (Å²) in [5.41, 5.74) is 4.54. The molecule has 0 bridgehead atoms. The Hall–Kier alpha value is -1.75. The SMILES string of the molecule is Nc1[nH]c(=S)[nH]c(=O)c1N1CC(S(=O)(=O)F)CC1=O. The fraction of sp³-hybridized carbons (Fsp3) is 0.375. The van der Waals surface area contributed by atoms with Gasteiger partial charge in [0.15, 0.2) is 10.5 Å². The summed E-state index contributed by atoms with van der Waals surface area (Å²) in [7, 11) is -4.86. The maximum Gasteiger partial charge on any atom is 0.307 e. The Kier molecular flexibility index (Phi) is 3.18. The lowest BCUT2D eigenvalue weighted by Crippen LogP contribution is -2.33. The van der Waals surface area contributed by atoms with E-state index in [2.05, 4.69) is 22.2 Å². The van der Waals surface area contributed by atoms with E-state index < -0.39 is 39.9 Å². The van der Waals surface area contributed by atoms with Crippen molar-refractivity contribution in [2.24, 2.45) is 0 Å². The predicted molar refractivity (Wildman–Crippen MR) is 67.4 cm³/mol. The molecule has 0 spiro atoms. The van der Waals surface area contributed by atoms with Crippen molar-refractivity contribution >= 4 is 39.9 Å². The van der Waals surface area contributed by atoms with Crippen molar-refractivity contribution in [3.8, 4) is 0 Å². The van der Waals surface area contributed by atoms with Crippen molar-refractivity contribution in [3.63, 3.8) is 0 Å². The third-order valence-corrected chi connectivity index (χ3v) is 4.02. The van der Waals surface area contributed by atoms with Crippen LogP contribution in [0.15, 0.2) is 4.79 Å². The third kappa shape index (κ3) is 2.51. The third-order valence-electron chi connectivity index (χ3n) is 2.70. The molecule has 1 aromatic heterocycles. The Bertz CT molecular complexity index is 753. The van der Waals surface area contributed by atoms with Crippen LogP contribution in [-0.4, -0.2) is 36.1 Å². The summed E-state index contributed by atoms with van der Waals surface area (Å²) in [6.07, 6.45) is -0.534. The van der Waals surface area contributed by atoms with E-state index in [1.807, 2.05) is 0 Å². The van der Waals surface area contributed by atoms with Crippen molar-refractivity contribution in [2.45, 2.75) is 11.7 Å². The number of anilines is 2. The fourth-order valence-corrected chi connectivity index (χ4v) is 2.72. The minimum Gasteiger partial charge on any atom is -0.383 e. The van der Waals surface area contributed by atoms with Crippen molar-refractivity contribution in [1.82, 2.24) is 9.97 Å². The lowest BCUT2D eigenvalue weighted by atomic mass is 10.4. The minimum absolute atomic E-state index is 0.0347. The molecule has 8 nitrogen and oxygen atoms in total. The largest absolute Gasteiger partial charge is 0.383 e. The zero-order valence-electron chi connectivity index (χ0n) is 9.34. The van der Waals surface area contributed by atoms with Crippen LogP contribution in [0.4, 0.5) is 15.4 Å². The van der Waals surface area contributed by atoms with Crippen molar-refractivity contribution in [2.75, 3.05) is 17.2 Å². The van der Waals surface area contributed by atoms with Crippen LogP contribution in [0.1, 0.15) is 6.42 Å². The van der Waals surface area contributed by atoms with E-state index in [-0.39, 0.29) is 16.3 Å². The molecule has 0 aromatic carbocycles. The highest BCUT2D eigenvalue weighted by atomic mass is 32.3. The molecule has 11 heteroatoms. The van der Waals surface area contributed by atoms with E-state index in [4.69, 9.17) is 5.73 Å². The molecule has 1 aliphatic heterocycles. The molecule has 104 valence electrons. The first-order valence-electron chi connectivity index (χ1n) is 5.06. The molecular formula is C8H9FN4O4S2. The number of hydrogen-bond donors (Lipinski definition) is 3. The number of aromatic amines is 2. The van der Waals surface area contributed by atoms with Gasteiger partial charge in [0.25, 0.3) is 5.56 Å². The number of hydrogen-bond acceptors (Lipinski definition) is 6. The Morgan fingerprint density at radius 2 is 2.00 bits per heavy atom. The molecule has 1 aromatic rings. The standard InChI is InChI=1S/C8H9FN4O4S2/c9-19(16,17)3-1-4(14)13(2-3)5-6(10)11-8(18)12-7(5)15/h3H,1-2H2,(H4,10,11,12,15,18). The summed E-state index contributed by atoms with van der Waals surface area (Å²) >= 11 is 4.68. The molecule has 1 saturated heterocycles. The number of amides is 1. The number of aromatic nitrogens is 2. The second kappa shape index (κ2) is 4.42. The molecule has 2 rings (SSSR count). The van der Waals surface area contributed by atoms with Gasteiger partial charge >= 0.3 is 10.2 Å². The Labute approximate surface area is 111 Å². The number of rotatable bonds is 2. The highest BCUT2D eigenvalue weighted by Crippen LogP contribution is 2.25. The van der Waals surface area contributed by atoms with Gasteiger partial charge in [-0.25, -0.2) is 0 Å². The zero-order chi connectivity index (χ0) is 14.4. The molecule has 1 amide bonds. The van der Waals surface area contributed by atoms with E-state index in [0.717, 1.165) is 4.90 Å². The van der Waals surface area contributed by atoms with Gasteiger partial charge in [-0.1, -0.05) is 0 Å². The number of nitrogens with zero attached hydrogens (tertiary/aromatic N) is 1. The number of nitrogens with one attached hydrogen (secondary N) is 2. The minimum atomic E-state index is -4.86. The van der Waals surface area contributed by atoms with Gasteiger partial charge in [0, 0.05) is 13.0 Å². The topological polar surface area (TPSA) is 129 Å². The maximum absolute atomic E-state index is 12.9. The lowest BCUT2D eigenvalue weighted by molar-refractivity contribution is -0.117. The van der Waals surface area contributed by atoms with Gasteiger partial charge in [-0.15, -0.1) is 3.89 Å². The fourth-order valence-electron chi connectivity index (χ4n) is 1.84. The average Bonchev–Trinajstić information content (AvgIpc) is 2.59. The monoisotopic (exact) mass is 308 g/mol. The van der Waals surface area contributed by atoms with E-state index in [1.165, 1.54) is 0 Å². The van der Waals surface area contributed by atoms with E-state index in [9.17, 15) is 21.9 Å². The van der Waals surface area contributed by atoms with Gasteiger partial charge in [0.1, 0.15) is 11.1 Å². The summed E-state index contributed by atoms with van der Waals surface area (Å²) in [5.74, 6) is -0.882. The Morgan fingerprint density at radius 1 is 1.37 bits per heavy atom. The summed E-state index contributed by atoms with van der Waals surface area (Å²) in [4.78, 5) is 28.8. The molecule has 2 heterocycles. The van der Waals surface area contributed by atoms with Crippen LogP contribution in [0.2, 0.25) is 0 Å². The highest BCUT2D eigenvalue weighted by molar-refractivity contribution is 7.87. The van der Waals surface area contributed by atoms with Crippen molar-refractivity contribution < 1.29 is 17.1 Å². The molecule has 1 aliphatic rings. The van der Waals surface area contributed by atoms with Gasteiger partial charge in [-0.2, -0.15) is 8.42 Å². The first-order chi connectivity index (χ1) is 8.70. The van der Waals surface area contributed by atoms with Gasteiger partial charge < -0.3 is 15.6 Å². The number of carbonyl (C=O) groups excluding carboxylic acids is 1. The Morgan fingerprint density at radius 3 is 2.47 bits per heavy atom. The molecule has 1 atom stereocenters. The summed E-state index contributed by atoms with van der Waals surface area (Å²) < 4.78 is 34.4. The Balaban J connectivity index is 2.48. The van der Waals surface area contributed by atoms with Crippen molar-refractivity contribution in [3.05, 3.63) is 15.1 Å². The molecule has 19 heavy (non-hydrogen) atoms. The molecule has 1 unspecified atom stereocenters. The number of halogens is 1. The summed E-state index contributed by atoms with van der Waals surface area (Å²) in [6.45, 7) is -0.463. The molecule has 1 fully saturated rings. The second-order valence-corrected chi connectivity index (χ2v) is 6.00. The van der Waals surface area contributed by atoms with Crippen LogP contribution in [0.25, 0.3) is 0 Å². The van der Waals surface area contributed by atoms with Gasteiger partial charge in [-0.3, -0.25) is 14.6 Å². The zero-order valence-corrected chi connectivity index (χ0v) is 11.0. The molecular weight excluding hydrogens is 299 g/mol. The lowest BCUT2D eigenvalue weighted by Gasteiger charge is -2.16. The predicted octanol–water partition coefficient (Wildman–Crippen LogP) is -0.581. The van der Waals surface area contributed by atoms with Crippen LogP contribution in [0.5, 0.6) is 0 Å². The van der Waals surface area contributed by atoms with E-state index in [0.29, 0.717) is 0 Å². The van der Waals surface area contributed by atoms with Crippen molar-refractivity contribution in [1.29, 1.82) is 0 Å². The van der Waals surface area contributed by atoms with E-state index >= 15 is 0 Å². The van der Waals surface area contributed by atoms with E-state index in [1.54, 1.807) is 0 Å². The second-order valence-electron chi connectivity index (χ2n) is 3.98. The van der Waals surface area contributed by atoms with Crippen LogP contribution >= 0.6 is 12.2 Å². The van der Waals surface area contributed by atoms with Crippen LogP contribution in [0.3, 0.4) is 0 Å². The van der Waals surface area contributed by atoms with Gasteiger partial charge in [0.05, 0.1) is 0 Å². The normalized spacial score (nSPS) is 19.9. The summed E-state index contributed by atoms with van der Waals surface area (Å²) in [5, 5.41) is -1.50. The number of nitrogens with two attached hydrogens (primary N) is 1. The smallest absolute Gasteiger partial charge is 0.307 e.